The monoisotopic (exact) mass is 249 g/mol. The molecule has 0 saturated heterocycles. The lowest BCUT2D eigenvalue weighted by atomic mass is 10.2. The van der Waals surface area contributed by atoms with Crippen LogP contribution in [0.5, 0.6) is 0 Å². The van der Waals surface area contributed by atoms with Gasteiger partial charge in [0.2, 0.25) is 0 Å². The molecule has 96 valence electrons. The van der Waals surface area contributed by atoms with Gasteiger partial charge in [-0.2, -0.15) is 5.10 Å². The molecule has 6 heteroatoms. The summed E-state index contributed by atoms with van der Waals surface area (Å²) in [5.74, 6) is 0.0872. The molecule has 2 aromatic heterocycles. The highest BCUT2D eigenvalue weighted by molar-refractivity contribution is 5.88. The number of aromatic nitrogens is 2. The molecule has 0 amide bonds. The van der Waals surface area contributed by atoms with Crippen molar-refractivity contribution in [3.63, 3.8) is 0 Å². The number of nitrogens with zero attached hydrogens (tertiary/aromatic N) is 2. The zero-order valence-electron chi connectivity index (χ0n) is 10.3. The zero-order valence-corrected chi connectivity index (χ0v) is 10.3. The second kappa shape index (κ2) is 5.05. The molecule has 6 nitrogen and oxygen atoms in total. The molecule has 2 heterocycles. The summed E-state index contributed by atoms with van der Waals surface area (Å²) in [6.07, 6.45) is 3.70. The van der Waals surface area contributed by atoms with Gasteiger partial charge in [-0.1, -0.05) is 0 Å². The predicted molar refractivity (Wildman–Crippen MR) is 64.2 cm³/mol. The van der Waals surface area contributed by atoms with E-state index in [1.165, 1.54) is 0 Å². The van der Waals surface area contributed by atoms with Crippen molar-refractivity contribution < 1.29 is 14.3 Å². The molecular weight excluding hydrogens is 234 g/mol. The van der Waals surface area contributed by atoms with Crippen molar-refractivity contribution >= 4 is 5.97 Å². The van der Waals surface area contributed by atoms with E-state index in [-0.39, 0.29) is 5.56 Å². The van der Waals surface area contributed by atoms with Gasteiger partial charge in [0, 0.05) is 25.4 Å². The number of aryl methyl sites for hydroxylation is 2. The summed E-state index contributed by atoms with van der Waals surface area (Å²) in [5, 5.41) is 16.1. The fraction of sp³-hybridized carbons (Fsp3) is 0.333. The SMILES string of the molecule is Cc1oc(CNCc2cnn(C)c2)cc1C(=O)O. The molecule has 0 bridgehead atoms. The molecule has 0 fully saturated rings. The summed E-state index contributed by atoms with van der Waals surface area (Å²) in [6, 6.07) is 1.55. The van der Waals surface area contributed by atoms with E-state index >= 15 is 0 Å². The summed E-state index contributed by atoms with van der Waals surface area (Å²) >= 11 is 0. The third-order valence-electron chi connectivity index (χ3n) is 2.59. The van der Waals surface area contributed by atoms with Crippen LogP contribution in [0.2, 0.25) is 0 Å². The van der Waals surface area contributed by atoms with E-state index in [2.05, 4.69) is 10.4 Å². The van der Waals surface area contributed by atoms with Gasteiger partial charge in [0.15, 0.2) is 0 Å². The van der Waals surface area contributed by atoms with Crippen LogP contribution in [0.15, 0.2) is 22.9 Å². The van der Waals surface area contributed by atoms with E-state index in [4.69, 9.17) is 9.52 Å². The van der Waals surface area contributed by atoms with Crippen LogP contribution in [0.25, 0.3) is 0 Å². The van der Waals surface area contributed by atoms with Gasteiger partial charge in [-0.25, -0.2) is 4.79 Å². The van der Waals surface area contributed by atoms with Crippen molar-refractivity contribution in [2.75, 3.05) is 0 Å². The number of aromatic carboxylic acids is 1. The largest absolute Gasteiger partial charge is 0.478 e. The summed E-state index contributed by atoms with van der Waals surface area (Å²) in [4.78, 5) is 10.8. The molecule has 2 N–H and O–H groups in total. The molecule has 0 saturated carbocycles. The Bertz CT molecular complexity index is 557. The Morgan fingerprint density at radius 3 is 2.89 bits per heavy atom. The molecule has 0 atom stereocenters. The van der Waals surface area contributed by atoms with Crippen LogP contribution < -0.4 is 5.32 Å². The quantitative estimate of drug-likeness (QED) is 0.835. The first-order valence-corrected chi connectivity index (χ1v) is 5.57. The van der Waals surface area contributed by atoms with Crippen molar-refractivity contribution in [1.29, 1.82) is 0 Å². The van der Waals surface area contributed by atoms with E-state index in [0.717, 1.165) is 5.56 Å². The van der Waals surface area contributed by atoms with Gasteiger partial charge in [0.1, 0.15) is 17.1 Å². The van der Waals surface area contributed by atoms with Crippen LogP contribution in [0.3, 0.4) is 0 Å². The normalized spacial score (nSPS) is 10.8. The Hall–Kier alpha value is -2.08. The lowest BCUT2D eigenvalue weighted by Gasteiger charge is -1.99. The fourth-order valence-electron chi connectivity index (χ4n) is 1.74. The van der Waals surface area contributed by atoms with Gasteiger partial charge >= 0.3 is 5.97 Å². The highest BCUT2D eigenvalue weighted by atomic mass is 16.4. The summed E-state index contributed by atoms with van der Waals surface area (Å²) in [6.45, 7) is 2.80. The van der Waals surface area contributed by atoms with Crippen LogP contribution in [0.4, 0.5) is 0 Å². The average molecular weight is 249 g/mol. The Morgan fingerprint density at radius 2 is 2.33 bits per heavy atom. The second-order valence-corrected chi connectivity index (χ2v) is 4.11. The van der Waals surface area contributed by atoms with E-state index in [0.29, 0.717) is 24.6 Å². The number of furan rings is 1. The zero-order chi connectivity index (χ0) is 13.1. The Kier molecular flexibility index (Phi) is 3.47. The molecule has 0 radical (unpaired) electrons. The maximum absolute atomic E-state index is 10.8. The topological polar surface area (TPSA) is 80.3 Å². The number of rotatable bonds is 5. The van der Waals surface area contributed by atoms with Gasteiger partial charge in [-0.05, 0) is 13.0 Å². The maximum atomic E-state index is 10.8. The van der Waals surface area contributed by atoms with E-state index in [9.17, 15) is 4.79 Å². The molecular formula is C12H15N3O3. The van der Waals surface area contributed by atoms with Crippen LogP contribution >= 0.6 is 0 Å². The number of hydrogen-bond acceptors (Lipinski definition) is 4. The molecule has 2 aromatic rings. The number of carbonyl (C=O) groups is 1. The van der Waals surface area contributed by atoms with Gasteiger partial charge in [0.05, 0.1) is 12.7 Å². The first-order chi connectivity index (χ1) is 8.56. The Labute approximate surface area is 104 Å². The molecule has 0 aromatic carbocycles. The maximum Gasteiger partial charge on any atom is 0.339 e. The van der Waals surface area contributed by atoms with Crippen LogP contribution in [-0.4, -0.2) is 20.9 Å². The molecule has 0 unspecified atom stereocenters. The lowest BCUT2D eigenvalue weighted by molar-refractivity contribution is 0.0695. The highest BCUT2D eigenvalue weighted by Crippen LogP contribution is 2.14. The average Bonchev–Trinajstić information content (AvgIpc) is 2.85. The standard InChI is InChI=1S/C12H15N3O3/c1-8-11(12(16)17)3-10(18-8)6-13-4-9-5-14-15(2)7-9/h3,5,7,13H,4,6H2,1-2H3,(H,16,17). The molecule has 2 rings (SSSR count). The third kappa shape index (κ3) is 2.78. The molecule has 0 aliphatic heterocycles. The van der Waals surface area contributed by atoms with E-state index < -0.39 is 5.97 Å². The minimum absolute atomic E-state index is 0.216. The lowest BCUT2D eigenvalue weighted by Crippen LogP contribution is -2.11. The third-order valence-corrected chi connectivity index (χ3v) is 2.59. The van der Waals surface area contributed by atoms with Gasteiger partial charge < -0.3 is 14.8 Å². The number of nitrogens with one attached hydrogen (secondary N) is 1. The first kappa shape index (κ1) is 12.4. The highest BCUT2D eigenvalue weighted by Gasteiger charge is 2.13. The van der Waals surface area contributed by atoms with Crippen LogP contribution in [0.1, 0.15) is 27.4 Å². The van der Waals surface area contributed by atoms with Crippen molar-refractivity contribution in [3.8, 4) is 0 Å². The van der Waals surface area contributed by atoms with E-state index in [1.54, 1.807) is 23.9 Å². The number of hydrogen-bond donors (Lipinski definition) is 2. The summed E-state index contributed by atoms with van der Waals surface area (Å²) in [5.41, 5.74) is 1.28. The van der Waals surface area contributed by atoms with Crippen molar-refractivity contribution in [2.24, 2.45) is 7.05 Å². The minimum Gasteiger partial charge on any atom is -0.478 e. The Morgan fingerprint density at radius 1 is 1.56 bits per heavy atom. The van der Waals surface area contributed by atoms with Crippen LogP contribution in [-0.2, 0) is 20.1 Å². The molecule has 0 aliphatic rings. The Balaban J connectivity index is 1.90. The predicted octanol–water partition coefficient (Wildman–Crippen LogP) is 1.31. The van der Waals surface area contributed by atoms with Crippen molar-refractivity contribution in [1.82, 2.24) is 15.1 Å². The molecule has 18 heavy (non-hydrogen) atoms. The van der Waals surface area contributed by atoms with Gasteiger partial charge in [0.25, 0.3) is 0 Å². The number of carboxylic acid groups (broad SMARTS) is 1. The van der Waals surface area contributed by atoms with Crippen molar-refractivity contribution in [2.45, 2.75) is 20.0 Å². The van der Waals surface area contributed by atoms with E-state index in [1.807, 2.05) is 13.2 Å². The van der Waals surface area contributed by atoms with Crippen LogP contribution in [0, 0.1) is 6.92 Å². The summed E-state index contributed by atoms with van der Waals surface area (Å²) in [7, 11) is 1.86. The molecule has 0 aliphatic carbocycles. The summed E-state index contributed by atoms with van der Waals surface area (Å²) < 4.78 is 7.09. The second-order valence-electron chi connectivity index (χ2n) is 4.11. The number of carboxylic acids is 1. The first-order valence-electron chi connectivity index (χ1n) is 5.57. The fourth-order valence-corrected chi connectivity index (χ4v) is 1.74. The van der Waals surface area contributed by atoms with Gasteiger partial charge in [-0.3, -0.25) is 4.68 Å². The smallest absolute Gasteiger partial charge is 0.339 e. The van der Waals surface area contributed by atoms with Gasteiger partial charge in [-0.15, -0.1) is 0 Å². The minimum atomic E-state index is -0.963. The molecule has 0 spiro atoms. The van der Waals surface area contributed by atoms with Crippen molar-refractivity contribution in [3.05, 3.63) is 41.1 Å².